The van der Waals surface area contributed by atoms with Gasteiger partial charge in [-0.1, -0.05) is 0 Å². The van der Waals surface area contributed by atoms with Gasteiger partial charge >= 0.3 is 6.18 Å². The highest BCUT2D eigenvalue weighted by Crippen LogP contribution is 2.31. The van der Waals surface area contributed by atoms with E-state index in [1.165, 1.54) is 12.1 Å². The van der Waals surface area contributed by atoms with Crippen LogP contribution in [0.25, 0.3) is 5.69 Å². The van der Waals surface area contributed by atoms with Crippen LogP contribution in [-0.2, 0) is 0 Å². The van der Waals surface area contributed by atoms with Crippen molar-refractivity contribution in [1.29, 1.82) is 0 Å². The standard InChI is InChI=1S/C21H18F6N6O3/c1-32(19(35)16-15(24)6-12(23)7-29-16)10-20(36,21(25,26)27)9-30-18(34)14-8-31-33(17(14)28)13-4-2-11(22)3-5-13/h2-8,36H,9-10,28H2,1H3,(H,30,34). The number of rotatable bonds is 7. The number of carbonyl (C=O) groups excluding carboxylic acids is 2. The second kappa shape index (κ2) is 9.85. The van der Waals surface area contributed by atoms with Crippen LogP contribution in [0.3, 0.4) is 0 Å². The van der Waals surface area contributed by atoms with E-state index in [2.05, 4.69) is 10.1 Å². The molecule has 0 saturated heterocycles. The molecular formula is C21H18F6N6O3. The molecule has 0 bridgehead atoms. The van der Waals surface area contributed by atoms with Gasteiger partial charge in [-0.15, -0.1) is 0 Å². The first-order valence-corrected chi connectivity index (χ1v) is 9.97. The summed E-state index contributed by atoms with van der Waals surface area (Å²) in [7, 11) is 0.829. The number of aliphatic hydroxyl groups is 1. The molecule has 2 heterocycles. The fourth-order valence-corrected chi connectivity index (χ4v) is 3.11. The number of likely N-dealkylation sites (N-methyl/N-ethyl adjacent to an activating group) is 1. The van der Waals surface area contributed by atoms with E-state index in [4.69, 9.17) is 5.73 Å². The van der Waals surface area contributed by atoms with Crippen molar-refractivity contribution >= 4 is 17.6 Å². The molecule has 2 aromatic heterocycles. The van der Waals surface area contributed by atoms with Crippen molar-refractivity contribution in [2.45, 2.75) is 11.8 Å². The topological polar surface area (TPSA) is 126 Å². The average Bonchev–Trinajstić information content (AvgIpc) is 3.18. The molecule has 0 spiro atoms. The van der Waals surface area contributed by atoms with Crippen molar-refractivity contribution in [2.75, 3.05) is 25.9 Å². The molecule has 0 fully saturated rings. The second-order valence-corrected chi connectivity index (χ2v) is 7.69. The minimum absolute atomic E-state index is 0.265. The Kier molecular flexibility index (Phi) is 7.24. The van der Waals surface area contributed by atoms with Crippen LogP contribution in [0.15, 0.2) is 42.7 Å². The van der Waals surface area contributed by atoms with Crippen molar-refractivity contribution in [3.63, 3.8) is 0 Å². The lowest BCUT2D eigenvalue weighted by Gasteiger charge is -2.34. The highest BCUT2D eigenvalue weighted by molar-refractivity contribution is 5.98. The maximum atomic E-state index is 13.8. The lowest BCUT2D eigenvalue weighted by Crippen LogP contribution is -2.60. The van der Waals surface area contributed by atoms with Crippen molar-refractivity contribution in [3.05, 3.63) is 71.4 Å². The SMILES string of the molecule is CN(CC(O)(CNC(=O)c1cnn(-c2ccc(F)cc2)c1N)C(F)(F)F)C(=O)c1ncc(F)cc1F. The van der Waals surface area contributed by atoms with Crippen molar-refractivity contribution < 1.29 is 41.0 Å². The van der Waals surface area contributed by atoms with E-state index in [9.17, 15) is 41.0 Å². The number of aromatic nitrogens is 3. The van der Waals surface area contributed by atoms with Crippen LogP contribution in [0.1, 0.15) is 20.8 Å². The van der Waals surface area contributed by atoms with Gasteiger partial charge in [-0.05, 0) is 24.3 Å². The second-order valence-electron chi connectivity index (χ2n) is 7.69. The fraction of sp³-hybridized carbons (Fsp3) is 0.238. The first-order chi connectivity index (χ1) is 16.7. The summed E-state index contributed by atoms with van der Waals surface area (Å²) in [5.74, 6) is -5.85. The molecule has 3 rings (SSSR count). The van der Waals surface area contributed by atoms with Gasteiger partial charge in [-0.3, -0.25) is 9.59 Å². The number of halogens is 6. The molecule has 3 aromatic rings. The molecule has 1 atom stereocenters. The van der Waals surface area contributed by atoms with Gasteiger partial charge in [-0.2, -0.15) is 18.3 Å². The van der Waals surface area contributed by atoms with Crippen molar-refractivity contribution in [2.24, 2.45) is 0 Å². The minimum Gasteiger partial charge on any atom is -0.383 e. The van der Waals surface area contributed by atoms with Gasteiger partial charge < -0.3 is 21.1 Å². The Balaban J connectivity index is 1.76. The summed E-state index contributed by atoms with van der Waals surface area (Å²) in [5.41, 5.74) is 1.13. The predicted octanol–water partition coefficient (Wildman–Crippen LogP) is 2.06. The first kappa shape index (κ1) is 26.5. The molecule has 4 N–H and O–H groups in total. The Morgan fingerprint density at radius 2 is 1.75 bits per heavy atom. The molecule has 15 heteroatoms. The number of nitrogens with zero attached hydrogens (tertiary/aromatic N) is 4. The van der Waals surface area contributed by atoms with E-state index in [-0.39, 0.29) is 17.1 Å². The quantitative estimate of drug-likeness (QED) is 0.413. The number of benzene rings is 1. The number of nitrogen functional groups attached to an aromatic ring is 1. The number of hydrogen-bond donors (Lipinski definition) is 3. The van der Waals surface area contributed by atoms with Crippen LogP contribution >= 0.6 is 0 Å². The number of hydrogen-bond acceptors (Lipinski definition) is 6. The monoisotopic (exact) mass is 516 g/mol. The Morgan fingerprint density at radius 3 is 2.33 bits per heavy atom. The average molecular weight is 516 g/mol. The van der Waals surface area contributed by atoms with Crippen LogP contribution in [0.2, 0.25) is 0 Å². The summed E-state index contributed by atoms with van der Waals surface area (Å²) in [6, 6.07) is 5.12. The zero-order valence-corrected chi connectivity index (χ0v) is 18.4. The largest absolute Gasteiger partial charge is 0.420 e. The molecule has 0 aliphatic rings. The van der Waals surface area contributed by atoms with E-state index < -0.39 is 59.8 Å². The fourth-order valence-electron chi connectivity index (χ4n) is 3.11. The van der Waals surface area contributed by atoms with Crippen molar-refractivity contribution in [1.82, 2.24) is 25.0 Å². The van der Waals surface area contributed by atoms with Crippen LogP contribution in [-0.4, -0.2) is 68.5 Å². The molecule has 192 valence electrons. The summed E-state index contributed by atoms with van der Waals surface area (Å²) >= 11 is 0. The van der Waals surface area contributed by atoms with E-state index in [1.807, 2.05) is 5.32 Å². The van der Waals surface area contributed by atoms with E-state index in [0.717, 1.165) is 30.1 Å². The van der Waals surface area contributed by atoms with E-state index >= 15 is 0 Å². The summed E-state index contributed by atoms with van der Waals surface area (Å²) in [6.07, 6.45) is -3.90. The van der Waals surface area contributed by atoms with Gasteiger partial charge in [0.05, 0.1) is 31.2 Å². The predicted molar refractivity (Wildman–Crippen MR) is 112 cm³/mol. The van der Waals surface area contributed by atoms with Crippen molar-refractivity contribution in [3.8, 4) is 5.69 Å². The van der Waals surface area contributed by atoms with Gasteiger partial charge in [0.2, 0.25) is 0 Å². The van der Waals surface area contributed by atoms with E-state index in [0.29, 0.717) is 17.2 Å². The van der Waals surface area contributed by atoms with Gasteiger partial charge in [0.15, 0.2) is 17.1 Å². The lowest BCUT2D eigenvalue weighted by atomic mass is 10.0. The van der Waals surface area contributed by atoms with Gasteiger partial charge in [0.25, 0.3) is 11.8 Å². The van der Waals surface area contributed by atoms with Crippen LogP contribution in [0, 0.1) is 17.5 Å². The number of anilines is 1. The lowest BCUT2D eigenvalue weighted by molar-refractivity contribution is -0.259. The molecule has 0 aliphatic heterocycles. The highest BCUT2D eigenvalue weighted by Gasteiger charge is 2.55. The summed E-state index contributed by atoms with van der Waals surface area (Å²) in [6.45, 7) is -2.86. The molecule has 1 unspecified atom stereocenters. The number of pyridine rings is 1. The van der Waals surface area contributed by atoms with Crippen LogP contribution in [0.4, 0.5) is 32.2 Å². The molecule has 36 heavy (non-hydrogen) atoms. The van der Waals surface area contributed by atoms with Crippen LogP contribution in [0.5, 0.6) is 0 Å². The zero-order chi connectivity index (χ0) is 26.8. The number of nitrogens with two attached hydrogens (primary N) is 1. The Labute approximate surface area is 199 Å². The first-order valence-electron chi connectivity index (χ1n) is 9.97. The summed E-state index contributed by atoms with van der Waals surface area (Å²) < 4.78 is 82.1. The normalized spacial score (nSPS) is 13.2. The Morgan fingerprint density at radius 1 is 1.11 bits per heavy atom. The third kappa shape index (κ3) is 5.40. The number of amides is 2. The molecule has 2 amide bonds. The Bertz CT molecular complexity index is 1280. The minimum atomic E-state index is -5.35. The molecular weight excluding hydrogens is 498 g/mol. The van der Waals surface area contributed by atoms with Gasteiger partial charge in [-0.25, -0.2) is 22.8 Å². The highest BCUT2D eigenvalue weighted by atomic mass is 19.4. The molecule has 0 saturated carbocycles. The molecule has 0 radical (unpaired) electrons. The zero-order valence-electron chi connectivity index (χ0n) is 18.4. The third-order valence-electron chi connectivity index (χ3n) is 5.05. The third-order valence-corrected chi connectivity index (χ3v) is 5.05. The molecule has 1 aromatic carbocycles. The van der Waals surface area contributed by atoms with E-state index in [1.54, 1.807) is 0 Å². The van der Waals surface area contributed by atoms with Gasteiger partial charge in [0, 0.05) is 13.1 Å². The number of nitrogens with one attached hydrogen (secondary N) is 1. The number of alkyl halides is 3. The Hall–Kier alpha value is -4.14. The molecule has 9 nitrogen and oxygen atoms in total. The molecule has 0 aliphatic carbocycles. The summed E-state index contributed by atoms with van der Waals surface area (Å²) in [4.78, 5) is 28.4. The summed E-state index contributed by atoms with van der Waals surface area (Å²) in [5, 5.41) is 16.0. The number of carbonyl (C=O) groups is 2. The maximum absolute atomic E-state index is 13.8. The van der Waals surface area contributed by atoms with Gasteiger partial charge in [0.1, 0.15) is 23.0 Å². The smallest absolute Gasteiger partial charge is 0.383 e. The maximum Gasteiger partial charge on any atom is 0.420 e. The van der Waals surface area contributed by atoms with Crippen LogP contribution < -0.4 is 11.1 Å².